The summed E-state index contributed by atoms with van der Waals surface area (Å²) in [5.74, 6) is 1.45. The minimum absolute atomic E-state index is 0.0673. The van der Waals surface area contributed by atoms with Gasteiger partial charge >= 0.3 is 0 Å². The van der Waals surface area contributed by atoms with Crippen molar-refractivity contribution in [1.82, 2.24) is 20.2 Å². The fourth-order valence-corrected chi connectivity index (χ4v) is 3.75. The summed E-state index contributed by atoms with van der Waals surface area (Å²) >= 11 is 1.40. The predicted octanol–water partition coefficient (Wildman–Crippen LogP) is 1.12. The number of carbonyl (C=O) groups excluding carboxylic acids is 1. The normalized spacial score (nSPS) is 19.0. The van der Waals surface area contributed by atoms with Crippen molar-refractivity contribution in [1.29, 1.82) is 0 Å². The molecule has 9 heteroatoms. The van der Waals surface area contributed by atoms with E-state index >= 15 is 0 Å². The fraction of sp³-hybridized carbons (Fsp3) is 0.438. The average molecular weight is 363 g/mol. The number of benzene rings is 1. The third-order valence-corrected chi connectivity index (χ3v) is 5.15. The van der Waals surface area contributed by atoms with Crippen molar-refractivity contribution in [3.63, 3.8) is 0 Å². The highest BCUT2D eigenvalue weighted by Crippen LogP contribution is 2.37. The first-order valence-corrected chi connectivity index (χ1v) is 8.78. The first kappa shape index (κ1) is 17.6. The largest absolute Gasteiger partial charge is 0.497 e. The molecule has 1 aromatic heterocycles. The third kappa shape index (κ3) is 3.72. The molecule has 8 nitrogen and oxygen atoms in total. The summed E-state index contributed by atoms with van der Waals surface area (Å²) in [5.41, 5.74) is 4.34. The van der Waals surface area contributed by atoms with Gasteiger partial charge < -0.3 is 20.2 Å². The highest BCUT2D eigenvalue weighted by atomic mass is 32.2. The molecule has 0 unspecified atom stereocenters. The van der Waals surface area contributed by atoms with Crippen molar-refractivity contribution in [2.75, 3.05) is 32.8 Å². The van der Waals surface area contributed by atoms with Crippen molar-refractivity contribution >= 4 is 17.7 Å². The fourth-order valence-electron chi connectivity index (χ4n) is 2.60. The molecule has 1 aliphatic heterocycles. The standard InChI is InChI=1S/C16H21N5O3S/c1-10-18-19-16-21(10)20-13(11-4-6-12(24-3)7-5-11)14(25-16)15(22)17-8-9-23-2/h4-7,13-14,20H,8-9H2,1-3H3,(H,17,22)/t13-,14-/m0/s1. The molecule has 2 aromatic rings. The molecule has 0 fully saturated rings. The average Bonchev–Trinajstić information content (AvgIpc) is 3.01. The lowest BCUT2D eigenvalue weighted by molar-refractivity contribution is -0.121. The van der Waals surface area contributed by atoms with Crippen LogP contribution in [0.5, 0.6) is 5.75 Å². The van der Waals surface area contributed by atoms with E-state index in [4.69, 9.17) is 9.47 Å². The minimum atomic E-state index is -0.374. The van der Waals surface area contributed by atoms with E-state index in [9.17, 15) is 4.79 Å². The van der Waals surface area contributed by atoms with Gasteiger partial charge in [0.25, 0.3) is 0 Å². The zero-order valence-electron chi connectivity index (χ0n) is 14.4. The van der Waals surface area contributed by atoms with Gasteiger partial charge in [-0.1, -0.05) is 23.9 Å². The lowest BCUT2D eigenvalue weighted by atomic mass is 10.0. The molecule has 0 aliphatic carbocycles. The number of methoxy groups -OCH3 is 2. The molecule has 1 aromatic carbocycles. The summed E-state index contributed by atoms with van der Waals surface area (Å²) < 4.78 is 12.0. The number of nitrogens with one attached hydrogen (secondary N) is 2. The van der Waals surface area contributed by atoms with Gasteiger partial charge in [-0.25, -0.2) is 4.68 Å². The maximum absolute atomic E-state index is 12.7. The molecule has 25 heavy (non-hydrogen) atoms. The number of amides is 1. The second-order valence-corrected chi connectivity index (χ2v) is 6.68. The topological polar surface area (TPSA) is 90.3 Å². The number of aromatic nitrogens is 3. The first-order chi connectivity index (χ1) is 12.1. The quantitative estimate of drug-likeness (QED) is 0.743. The summed E-state index contributed by atoms with van der Waals surface area (Å²) in [7, 11) is 3.23. The molecule has 0 spiro atoms. The van der Waals surface area contributed by atoms with Gasteiger partial charge in [-0.15, -0.1) is 10.2 Å². The van der Waals surface area contributed by atoms with E-state index in [1.807, 2.05) is 35.9 Å². The lowest BCUT2D eigenvalue weighted by Crippen LogP contribution is -2.44. The highest BCUT2D eigenvalue weighted by molar-refractivity contribution is 8.00. The molecule has 0 saturated heterocycles. The van der Waals surface area contributed by atoms with Crippen molar-refractivity contribution < 1.29 is 14.3 Å². The minimum Gasteiger partial charge on any atom is -0.497 e. The molecule has 0 saturated carbocycles. The Kier molecular flexibility index (Phi) is 5.44. The summed E-state index contributed by atoms with van der Waals surface area (Å²) in [6, 6.07) is 7.46. The molecule has 2 atom stereocenters. The van der Waals surface area contributed by atoms with Crippen molar-refractivity contribution in [2.24, 2.45) is 0 Å². The van der Waals surface area contributed by atoms with Crippen molar-refractivity contribution in [3.8, 4) is 5.75 Å². The number of rotatable bonds is 6. The third-order valence-electron chi connectivity index (χ3n) is 3.94. The predicted molar refractivity (Wildman–Crippen MR) is 94.4 cm³/mol. The van der Waals surface area contributed by atoms with Gasteiger partial charge in [-0.05, 0) is 24.6 Å². The molecule has 2 N–H and O–H groups in total. The van der Waals surface area contributed by atoms with Crippen LogP contribution in [0.15, 0.2) is 29.4 Å². The second-order valence-electron chi connectivity index (χ2n) is 5.57. The zero-order valence-corrected chi connectivity index (χ0v) is 15.2. The molecular formula is C16H21N5O3S. The van der Waals surface area contributed by atoms with Crippen LogP contribution in [0.1, 0.15) is 17.4 Å². The van der Waals surface area contributed by atoms with E-state index in [1.54, 1.807) is 14.2 Å². The van der Waals surface area contributed by atoms with Gasteiger partial charge in [0, 0.05) is 13.7 Å². The summed E-state index contributed by atoms with van der Waals surface area (Å²) in [4.78, 5) is 12.7. The Labute approximate surface area is 150 Å². The second kappa shape index (κ2) is 7.75. The van der Waals surface area contributed by atoms with E-state index in [1.165, 1.54) is 11.8 Å². The molecule has 1 amide bonds. The van der Waals surface area contributed by atoms with Crippen LogP contribution >= 0.6 is 11.8 Å². The number of carbonyl (C=O) groups is 1. The van der Waals surface area contributed by atoms with E-state index < -0.39 is 0 Å². The van der Waals surface area contributed by atoms with Gasteiger partial charge in [-0.2, -0.15) is 0 Å². The van der Waals surface area contributed by atoms with Crippen molar-refractivity contribution in [2.45, 2.75) is 23.4 Å². The smallest absolute Gasteiger partial charge is 0.236 e. The van der Waals surface area contributed by atoms with Gasteiger partial charge in [0.2, 0.25) is 11.1 Å². The van der Waals surface area contributed by atoms with E-state index in [0.717, 1.165) is 17.1 Å². The molecule has 0 bridgehead atoms. The van der Waals surface area contributed by atoms with Crippen LogP contribution in [-0.2, 0) is 9.53 Å². The van der Waals surface area contributed by atoms with Gasteiger partial charge in [0.05, 0.1) is 19.8 Å². The number of hydrogen-bond acceptors (Lipinski definition) is 7. The Balaban J connectivity index is 1.87. The molecule has 2 heterocycles. The number of thioether (sulfide) groups is 1. The number of ether oxygens (including phenoxy) is 2. The molecule has 3 rings (SSSR count). The Morgan fingerprint density at radius 3 is 2.76 bits per heavy atom. The van der Waals surface area contributed by atoms with Crippen LogP contribution in [0.25, 0.3) is 0 Å². The Bertz CT molecular complexity index is 734. The summed E-state index contributed by atoms with van der Waals surface area (Å²) in [5, 5.41) is 11.4. The van der Waals surface area contributed by atoms with Crippen molar-refractivity contribution in [3.05, 3.63) is 35.7 Å². The van der Waals surface area contributed by atoms with Crippen LogP contribution in [0.2, 0.25) is 0 Å². The Hall–Kier alpha value is -2.26. The Morgan fingerprint density at radius 1 is 1.32 bits per heavy atom. The molecule has 0 radical (unpaired) electrons. The lowest BCUT2D eigenvalue weighted by Gasteiger charge is -2.32. The Morgan fingerprint density at radius 2 is 2.08 bits per heavy atom. The molecule has 1 aliphatic rings. The van der Waals surface area contributed by atoms with Crippen LogP contribution < -0.4 is 15.5 Å². The summed E-state index contributed by atoms with van der Waals surface area (Å²) in [6.07, 6.45) is 0. The van der Waals surface area contributed by atoms with Gasteiger partial charge in [0.15, 0.2) is 0 Å². The van der Waals surface area contributed by atoms with Gasteiger partial charge in [-0.3, -0.25) is 4.79 Å². The van der Waals surface area contributed by atoms with E-state index in [2.05, 4.69) is 20.9 Å². The monoisotopic (exact) mass is 363 g/mol. The van der Waals surface area contributed by atoms with E-state index in [-0.39, 0.29) is 17.2 Å². The van der Waals surface area contributed by atoms with Crippen LogP contribution in [-0.4, -0.2) is 53.4 Å². The highest BCUT2D eigenvalue weighted by Gasteiger charge is 2.37. The van der Waals surface area contributed by atoms with E-state index in [0.29, 0.717) is 18.3 Å². The van der Waals surface area contributed by atoms with Gasteiger partial charge in [0.1, 0.15) is 16.8 Å². The van der Waals surface area contributed by atoms with Crippen LogP contribution in [0.4, 0.5) is 0 Å². The molecular weight excluding hydrogens is 342 g/mol. The SMILES string of the molecule is COCCNC(=O)[C@H]1Sc2nnc(C)n2N[C@H]1c1ccc(OC)cc1. The molecule has 134 valence electrons. The maximum atomic E-state index is 12.7. The van der Waals surface area contributed by atoms with Crippen LogP contribution in [0, 0.1) is 6.92 Å². The number of fused-ring (bicyclic) bond motifs is 1. The summed E-state index contributed by atoms with van der Waals surface area (Å²) in [6.45, 7) is 2.81. The first-order valence-electron chi connectivity index (χ1n) is 7.90. The van der Waals surface area contributed by atoms with Crippen LogP contribution in [0.3, 0.4) is 0 Å². The number of aryl methyl sites for hydroxylation is 1. The zero-order chi connectivity index (χ0) is 17.8. The number of nitrogens with zero attached hydrogens (tertiary/aromatic N) is 3. The maximum Gasteiger partial charge on any atom is 0.236 e. The number of hydrogen-bond donors (Lipinski definition) is 2.